The van der Waals surface area contributed by atoms with E-state index in [1.807, 2.05) is 30.3 Å². The molecule has 29 heavy (non-hydrogen) atoms. The number of hydrogen-bond donors (Lipinski definition) is 2. The Kier molecular flexibility index (Phi) is 7.45. The van der Waals surface area contributed by atoms with E-state index in [9.17, 15) is 5.26 Å². The molecule has 3 rings (SSSR count). The molecule has 0 aliphatic rings. The predicted octanol–water partition coefficient (Wildman–Crippen LogP) is 5.96. The Bertz CT molecular complexity index is 1010. The lowest BCUT2D eigenvalue weighted by Crippen LogP contribution is -2.08. The van der Waals surface area contributed by atoms with Crippen LogP contribution in [0.25, 0.3) is 22.2 Å². The van der Waals surface area contributed by atoms with Crippen LogP contribution in [0.1, 0.15) is 38.7 Å². The minimum absolute atomic E-state index is 0.710. The van der Waals surface area contributed by atoms with Crippen molar-refractivity contribution < 1.29 is 4.74 Å². The summed E-state index contributed by atoms with van der Waals surface area (Å²) < 4.78 is 14.3. The number of rotatable bonds is 10. The largest absolute Gasteiger partial charge is 0.497 e. The molecule has 5 nitrogen and oxygen atoms in total. The van der Waals surface area contributed by atoms with Gasteiger partial charge in [-0.3, -0.25) is 0 Å². The summed E-state index contributed by atoms with van der Waals surface area (Å²) in [5.41, 5.74) is 4.74. The fraction of sp³-hybridized carbons (Fsp3) is 0.348. The van der Waals surface area contributed by atoms with Crippen LogP contribution in [0.15, 0.2) is 42.5 Å². The second-order valence-corrected chi connectivity index (χ2v) is 7.60. The van der Waals surface area contributed by atoms with Crippen molar-refractivity contribution >= 4 is 28.7 Å². The zero-order valence-electron chi connectivity index (χ0n) is 17.3. The van der Waals surface area contributed by atoms with Gasteiger partial charge in [0, 0.05) is 47.9 Å². The highest BCUT2D eigenvalue weighted by molar-refractivity contribution is 7.98. The molecule has 6 heteroatoms. The summed E-state index contributed by atoms with van der Waals surface area (Å²) >= 11 is 1.50. The number of unbranched alkanes of at least 4 members (excludes halogenated alkanes) is 1. The van der Waals surface area contributed by atoms with Crippen molar-refractivity contribution in [1.29, 1.82) is 5.26 Å². The van der Waals surface area contributed by atoms with E-state index in [1.54, 1.807) is 7.11 Å². The van der Waals surface area contributed by atoms with Crippen LogP contribution in [0.5, 0.6) is 5.75 Å². The lowest BCUT2D eigenvalue weighted by atomic mass is 10.1. The molecule has 152 valence electrons. The molecule has 0 fully saturated rings. The molecule has 1 aromatic heterocycles. The zero-order valence-corrected chi connectivity index (χ0v) is 18.1. The fourth-order valence-corrected chi connectivity index (χ4v) is 4.01. The van der Waals surface area contributed by atoms with Gasteiger partial charge < -0.3 is 14.0 Å². The average molecular weight is 409 g/mol. The molecule has 0 saturated carbocycles. The van der Waals surface area contributed by atoms with E-state index in [0.717, 1.165) is 59.5 Å². The SMILES string of the molecule is CCCCNSNc1cccc(-c2c(C#N)c3ccc(OC)cc3n2CCC)c1. The predicted molar refractivity (Wildman–Crippen MR) is 123 cm³/mol. The van der Waals surface area contributed by atoms with E-state index in [-0.39, 0.29) is 0 Å². The van der Waals surface area contributed by atoms with Gasteiger partial charge in [-0.15, -0.1) is 0 Å². The summed E-state index contributed by atoms with van der Waals surface area (Å²) in [5.74, 6) is 0.799. The van der Waals surface area contributed by atoms with Crippen molar-refractivity contribution in [3.05, 3.63) is 48.0 Å². The van der Waals surface area contributed by atoms with Gasteiger partial charge in [-0.05, 0) is 37.1 Å². The van der Waals surface area contributed by atoms with E-state index in [2.05, 4.69) is 46.1 Å². The van der Waals surface area contributed by atoms with E-state index in [4.69, 9.17) is 4.74 Å². The van der Waals surface area contributed by atoms with Crippen LogP contribution in [0.4, 0.5) is 5.69 Å². The van der Waals surface area contributed by atoms with Crippen LogP contribution in [0.3, 0.4) is 0 Å². The number of nitriles is 1. The van der Waals surface area contributed by atoms with E-state index in [1.165, 1.54) is 18.6 Å². The maximum absolute atomic E-state index is 9.95. The van der Waals surface area contributed by atoms with Gasteiger partial charge >= 0.3 is 0 Å². The first kappa shape index (κ1) is 21.1. The van der Waals surface area contributed by atoms with Crippen molar-refractivity contribution in [3.63, 3.8) is 0 Å². The normalized spacial score (nSPS) is 10.8. The second kappa shape index (κ2) is 10.2. The van der Waals surface area contributed by atoms with Gasteiger partial charge in [-0.1, -0.05) is 32.4 Å². The monoisotopic (exact) mass is 408 g/mol. The molecule has 2 N–H and O–H groups in total. The lowest BCUT2D eigenvalue weighted by molar-refractivity contribution is 0.415. The molecule has 0 unspecified atom stereocenters. The summed E-state index contributed by atoms with van der Waals surface area (Å²) in [4.78, 5) is 0. The summed E-state index contributed by atoms with van der Waals surface area (Å²) in [6.07, 6.45) is 3.31. The number of methoxy groups -OCH3 is 1. The van der Waals surface area contributed by atoms with Crippen molar-refractivity contribution in [2.24, 2.45) is 0 Å². The van der Waals surface area contributed by atoms with Crippen molar-refractivity contribution in [2.75, 3.05) is 18.4 Å². The van der Waals surface area contributed by atoms with Gasteiger partial charge in [-0.25, -0.2) is 4.72 Å². The molecule has 0 radical (unpaired) electrons. The number of benzene rings is 2. The average Bonchev–Trinajstić information content (AvgIpc) is 3.06. The van der Waals surface area contributed by atoms with Crippen molar-refractivity contribution in [1.82, 2.24) is 9.29 Å². The number of nitrogens with one attached hydrogen (secondary N) is 2. The minimum Gasteiger partial charge on any atom is -0.497 e. The van der Waals surface area contributed by atoms with Gasteiger partial charge in [0.1, 0.15) is 11.8 Å². The fourth-order valence-electron chi connectivity index (χ4n) is 3.45. The Morgan fingerprint density at radius 3 is 2.72 bits per heavy atom. The third kappa shape index (κ3) is 4.69. The highest BCUT2D eigenvalue weighted by atomic mass is 32.2. The molecule has 0 spiro atoms. The van der Waals surface area contributed by atoms with Gasteiger partial charge in [-0.2, -0.15) is 5.26 Å². The molecular formula is C23H28N4OS. The zero-order chi connectivity index (χ0) is 20.6. The molecule has 0 amide bonds. The number of hydrogen-bond acceptors (Lipinski definition) is 5. The molecule has 0 saturated heterocycles. The Labute approximate surface area is 177 Å². The molecule has 0 aliphatic carbocycles. The third-order valence-electron chi connectivity index (χ3n) is 4.84. The van der Waals surface area contributed by atoms with E-state index in [0.29, 0.717) is 5.56 Å². The van der Waals surface area contributed by atoms with Gasteiger partial charge in [0.05, 0.1) is 23.9 Å². The van der Waals surface area contributed by atoms with Crippen LogP contribution >= 0.6 is 12.1 Å². The van der Waals surface area contributed by atoms with Crippen molar-refractivity contribution in [3.8, 4) is 23.1 Å². The minimum atomic E-state index is 0.710. The quantitative estimate of drug-likeness (QED) is 0.320. The number of ether oxygens (including phenoxy) is 1. The van der Waals surface area contributed by atoms with E-state index >= 15 is 0 Å². The summed E-state index contributed by atoms with van der Waals surface area (Å²) in [6, 6.07) is 16.6. The first-order valence-corrected chi connectivity index (χ1v) is 10.9. The number of aromatic nitrogens is 1. The van der Waals surface area contributed by atoms with Crippen LogP contribution < -0.4 is 14.2 Å². The molecule has 0 atom stereocenters. The smallest absolute Gasteiger partial charge is 0.120 e. The summed E-state index contributed by atoms with van der Waals surface area (Å²) in [6.45, 7) is 6.14. The number of fused-ring (bicyclic) bond motifs is 1. The maximum Gasteiger partial charge on any atom is 0.120 e. The topological polar surface area (TPSA) is 62.0 Å². The van der Waals surface area contributed by atoms with Gasteiger partial charge in [0.25, 0.3) is 0 Å². The molecule has 1 heterocycles. The summed E-state index contributed by atoms with van der Waals surface area (Å²) in [7, 11) is 1.67. The number of aryl methyl sites for hydroxylation is 1. The Hall–Kier alpha value is -2.62. The Balaban J connectivity index is 2.01. The lowest BCUT2D eigenvalue weighted by Gasteiger charge is -2.12. The second-order valence-electron chi connectivity index (χ2n) is 6.90. The van der Waals surface area contributed by atoms with Gasteiger partial charge in [0.2, 0.25) is 0 Å². The Morgan fingerprint density at radius 2 is 2.00 bits per heavy atom. The highest BCUT2D eigenvalue weighted by Gasteiger charge is 2.19. The van der Waals surface area contributed by atoms with Crippen LogP contribution in [0, 0.1) is 11.3 Å². The van der Waals surface area contributed by atoms with Crippen LogP contribution in [-0.2, 0) is 6.54 Å². The standard InChI is InChI=1S/C23H28N4OS/c1-4-6-12-25-29-26-18-9-7-8-17(14-18)23-21(16-24)20-11-10-19(28-3)15-22(20)27(23)13-5-2/h7-11,14-15,25-26H,4-6,12-13H2,1-3H3. The maximum atomic E-state index is 9.95. The Morgan fingerprint density at radius 1 is 1.14 bits per heavy atom. The van der Waals surface area contributed by atoms with Gasteiger partial charge in [0.15, 0.2) is 0 Å². The van der Waals surface area contributed by atoms with Crippen molar-refractivity contribution in [2.45, 2.75) is 39.7 Å². The molecule has 3 aromatic rings. The third-order valence-corrected chi connectivity index (χ3v) is 5.53. The van der Waals surface area contributed by atoms with E-state index < -0.39 is 0 Å². The number of anilines is 1. The molecule has 0 aliphatic heterocycles. The molecule has 0 bridgehead atoms. The highest BCUT2D eigenvalue weighted by Crippen LogP contribution is 2.36. The molecular weight excluding hydrogens is 380 g/mol. The van der Waals surface area contributed by atoms with Crippen LogP contribution in [0.2, 0.25) is 0 Å². The number of nitrogens with zero attached hydrogens (tertiary/aromatic N) is 2. The van der Waals surface area contributed by atoms with Crippen LogP contribution in [-0.4, -0.2) is 18.2 Å². The first-order chi connectivity index (χ1) is 14.2. The molecule has 2 aromatic carbocycles. The summed E-state index contributed by atoms with van der Waals surface area (Å²) in [5, 5.41) is 10.9. The first-order valence-electron chi connectivity index (χ1n) is 10.1.